The van der Waals surface area contributed by atoms with Crippen molar-refractivity contribution in [2.75, 3.05) is 18.1 Å². The van der Waals surface area contributed by atoms with Crippen LogP contribution < -0.4 is 4.90 Å². The average molecular weight is 331 g/mol. The van der Waals surface area contributed by atoms with Crippen LogP contribution in [0.4, 0.5) is 14.9 Å². The molecule has 0 radical (unpaired) electrons. The number of hydrogen-bond acceptors (Lipinski definition) is 5. The fraction of sp³-hybridized carbons (Fsp3) is 0.312. The van der Waals surface area contributed by atoms with E-state index in [0.717, 1.165) is 0 Å². The lowest BCUT2D eigenvalue weighted by atomic mass is 10.0. The molecule has 0 bridgehead atoms. The number of benzene rings is 1. The van der Waals surface area contributed by atoms with Gasteiger partial charge in [0.1, 0.15) is 12.4 Å². The maximum atomic E-state index is 13.7. The molecule has 3 heterocycles. The molecule has 2 amide bonds. The van der Waals surface area contributed by atoms with E-state index in [2.05, 4.69) is 5.16 Å². The van der Waals surface area contributed by atoms with Gasteiger partial charge in [-0.1, -0.05) is 11.2 Å². The third kappa shape index (κ3) is 2.40. The van der Waals surface area contributed by atoms with Crippen molar-refractivity contribution in [1.82, 2.24) is 10.1 Å². The van der Waals surface area contributed by atoms with Crippen LogP contribution in [0.1, 0.15) is 22.5 Å². The first-order chi connectivity index (χ1) is 11.6. The van der Waals surface area contributed by atoms with E-state index in [0.29, 0.717) is 24.2 Å². The predicted octanol–water partition coefficient (Wildman–Crippen LogP) is 2.19. The molecule has 7 nitrogen and oxygen atoms in total. The quantitative estimate of drug-likeness (QED) is 0.800. The second-order valence-electron chi connectivity index (χ2n) is 5.77. The summed E-state index contributed by atoms with van der Waals surface area (Å²) in [4.78, 5) is 27.7. The molecule has 1 fully saturated rings. The van der Waals surface area contributed by atoms with Crippen LogP contribution >= 0.6 is 0 Å². The largest absolute Gasteiger partial charge is 0.447 e. The molecule has 2 aromatic rings. The number of nitrogens with zero attached hydrogens (tertiary/aromatic N) is 3. The molecule has 0 aliphatic carbocycles. The summed E-state index contributed by atoms with van der Waals surface area (Å²) >= 11 is 0. The highest BCUT2D eigenvalue weighted by molar-refractivity contribution is 5.93. The Labute approximate surface area is 136 Å². The second-order valence-corrected chi connectivity index (χ2v) is 5.77. The third-order valence-electron chi connectivity index (χ3n) is 4.30. The molecule has 1 aromatic heterocycles. The average Bonchev–Trinajstić information content (AvgIpc) is 3.20. The summed E-state index contributed by atoms with van der Waals surface area (Å²) in [7, 11) is 0. The van der Waals surface area contributed by atoms with Crippen molar-refractivity contribution in [3.05, 3.63) is 47.6 Å². The summed E-state index contributed by atoms with van der Waals surface area (Å²) in [5, 5.41) is 3.55. The number of ether oxygens (including phenoxy) is 1. The van der Waals surface area contributed by atoms with Crippen LogP contribution in [0.2, 0.25) is 0 Å². The summed E-state index contributed by atoms with van der Waals surface area (Å²) < 4.78 is 23.8. The molecule has 1 aromatic carbocycles. The van der Waals surface area contributed by atoms with Gasteiger partial charge in [-0.05, 0) is 24.1 Å². The zero-order valence-electron chi connectivity index (χ0n) is 12.6. The van der Waals surface area contributed by atoms with Crippen LogP contribution in [-0.4, -0.2) is 41.3 Å². The van der Waals surface area contributed by atoms with Gasteiger partial charge in [-0.15, -0.1) is 0 Å². The Hall–Kier alpha value is -2.90. The maximum absolute atomic E-state index is 13.7. The molecule has 0 saturated carbocycles. The van der Waals surface area contributed by atoms with Gasteiger partial charge in [0.2, 0.25) is 5.76 Å². The molecule has 2 aliphatic rings. The van der Waals surface area contributed by atoms with Gasteiger partial charge in [0, 0.05) is 19.2 Å². The molecule has 1 unspecified atom stereocenters. The lowest BCUT2D eigenvalue weighted by molar-refractivity contribution is 0.0692. The second kappa shape index (κ2) is 5.63. The number of halogens is 1. The lowest BCUT2D eigenvalue weighted by Crippen LogP contribution is -2.42. The molecule has 124 valence electrons. The topological polar surface area (TPSA) is 75.9 Å². The van der Waals surface area contributed by atoms with E-state index in [1.807, 2.05) is 0 Å². The number of anilines is 1. The van der Waals surface area contributed by atoms with Crippen LogP contribution in [0.15, 0.2) is 35.0 Å². The van der Waals surface area contributed by atoms with Crippen LogP contribution in [0.3, 0.4) is 0 Å². The maximum Gasteiger partial charge on any atom is 0.414 e. The first-order valence-corrected chi connectivity index (χ1v) is 7.58. The van der Waals surface area contributed by atoms with Crippen LogP contribution in [0.25, 0.3) is 0 Å². The van der Waals surface area contributed by atoms with Gasteiger partial charge in [0.05, 0.1) is 17.9 Å². The summed E-state index contributed by atoms with van der Waals surface area (Å²) in [6.07, 6.45) is 1.45. The molecule has 0 N–H and O–H groups in total. The van der Waals surface area contributed by atoms with Crippen LogP contribution in [0.5, 0.6) is 0 Å². The summed E-state index contributed by atoms with van der Waals surface area (Å²) in [5.74, 6) is -0.586. The normalized spacial score (nSPS) is 20.0. The number of amides is 2. The van der Waals surface area contributed by atoms with Crippen molar-refractivity contribution in [1.29, 1.82) is 0 Å². The molecule has 1 saturated heterocycles. The first-order valence-electron chi connectivity index (χ1n) is 7.58. The van der Waals surface area contributed by atoms with E-state index < -0.39 is 11.9 Å². The van der Waals surface area contributed by atoms with E-state index in [1.54, 1.807) is 11.0 Å². The highest BCUT2D eigenvalue weighted by Gasteiger charge is 2.38. The number of fused-ring (bicyclic) bond motifs is 3. The van der Waals surface area contributed by atoms with Gasteiger partial charge in [-0.2, -0.15) is 0 Å². The van der Waals surface area contributed by atoms with E-state index in [-0.39, 0.29) is 30.9 Å². The predicted molar refractivity (Wildman–Crippen MR) is 79.9 cm³/mol. The first kappa shape index (κ1) is 14.7. The van der Waals surface area contributed by atoms with Gasteiger partial charge in [0.25, 0.3) is 5.91 Å². The minimum absolute atomic E-state index is 0.148. The van der Waals surface area contributed by atoms with E-state index in [9.17, 15) is 14.0 Å². The monoisotopic (exact) mass is 331 g/mol. The fourth-order valence-corrected chi connectivity index (χ4v) is 3.11. The fourth-order valence-electron chi connectivity index (χ4n) is 3.11. The Morgan fingerprint density at radius 3 is 3.00 bits per heavy atom. The molecule has 24 heavy (non-hydrogen) atoms. The minimum atomic E-state index is -0.484. The van der Waals surface area contributed by atoms with Gasteiger partial charge in [-0.3, -0.25) is 9.69 Å². The molecule has 4 rings (SSSR count). The molecule has 2 aliphatic heterocycles. The molecular formula is C16H14FN3O4. The smallest absolute Gasteiger partial charge is 0.414 e. The number of rotatable bonds is 1. The van der Waals surface area contributed by atoms with Crippen molar-refractivity contribution < 1.29 is 23.2 Å². The third-order valence-corrected chi connectivity index (χ3v) is 4.30. The highest BCUT2D eigenvalue weighted by atomic mass is 19.1. The number of carbonyl (C=O) groups is 2. The minimum Gasteiger partial charge on any atom is -0.447 e. The number of hydrogen-bond donors (Lipinski definition) is 0. The summed E-state index contributed by atoms with van der Waals surface area (Å²) in [6, 6.07) is 5.47. The Morgan fingerprint density at radius 1 is 1.33 bits per heavy atom. The van der Waals surface area contributed by atoms with Gasteiger partial charge < -0.3 is 14.2 Å². The molecule has 0 spiro atoms. The lowest BCUT2D eigenvalue weighted by Gasteiger charge is -2.31. The molecule has 1 atom stereocenters. The van der Waals surface area contributed by atoms with E-state index in [1.165, 1.54) is 29.3 Å². The Bertz CT molecular complexity index is 793. The number of cyclic esters (lactones) is 1. The SMILES string of the molecule is O=C(c1ccno1)N1CCC2COC(=O)N2c2cc(F)ccc2C1. The number of carbonyl (C=O) groups excluding carboxylic acids is 2. The van der Waals surface area contributed by atoms with Crippen LogP contribution in [-0.2, 0) is 11.3 Å². The standard InChI is InChI=1S/C16H14FN3O4/c17-11-2-1-10-8-19(15(21)14-3-5-18-24-14)6-4-12-9-23-16(22)20(12)13(10)7-11/h1-3,5,7,12H,4,6,8-9H2. The van der Waals surface area contributed by atoms with Crippen molar-refractivity contribution >= 4 is 17.7 Å². The van der Waals surface area contributed by atoms with Gasteiger partial charge in [-0.25, -0.2) is 9.18 Å². The van der Waals surface area contributed by atoms with Crippen molar-refractivity contribution in [3.63, 3.8) is 0 Å². The Balaban J connectivity index is 1.73. The zero-order chi connectivity index (χ0) is 16.7. The summed E-state index contributed by atoms with van der Waals surface area (Å²) in [6.45, 7) is 0.888. The highest BCUT2D eigenvalue weighted by Crippen LogP contribution is 2.32. The Morgan fingerprint density at radius 2 is 2.21 bits per heavy atom. The van der Waals surface area contributed by atoms with E-state index >= 15 is 0 Å². The Kier molecular flexibility index (Phi) is 3.44. The van der Waals surface area contributed by atoms with Gasteiger partial charge >= 0.3 is 6.09 Å². The molecular weight excluding hydrogens is 317 g/mol. The van der Waals surface area contributed by atoms with Crippen molar-refractivity contribution in [2.45, 2.75) is 19.0 Å². The van der Waals surface area contributed by atoms with Crippen molar-refractivity contribution in [2.24, 2.45) is 0 Å². The molecule has 8 heteroatoms. The summed E-state index contributed by atoms with van der Waals surface area (Å²) in [5.41, 5.74) is 1.12. The van der Waals surface area contributed by atoms with Gasteiger partial charge in [0.15, 0.2) is 0 Å². The zero-order valence-corrected chi connectivity index (χ0v) is 12.6. The van der Waals surface area contributed by atoms with Crippen molar-refractivity contribution in [3.8, 4) is 0 Å². The van der Waals surface area contributed by atoms with E-state index in [4.69, 9.17) is 9.26 Å². The van der Waals surface area contributed by atoms with Crippen LogP contribution in [0, 0.1) is 5.82 Å². The number of aromatic nitrogens is 1.